The molecule has 0 aliphatic carbocycles. The maximum absolute atomic E-state index is 11.1. The normalized spacial score (nSPS) is 12.5. The first-order valence-electron chi connectivity index (χ1n) is 4.31. The van der Waals surface area contributed by atoms with Crippen molar-refractivity contribution in [3.63, 3.8) is 0 Å². The van der Waals surface area contributed by atoms with Gasteiger partial charge in [0.15, 0.2) is 0 Å². The van der Waals surface area contributed by atoms with Gasteiger partial charge in [-0.15, -0.1) is 5.10 Å². The molecule has 0 unspecified atom stereocenters. The zero-order valence-electron chi connectivity index (χ0n) is 8.26. The molecular weight excluding hydrogens is 236 g/mol. The predicted octanol–water partition coefficient (Wildman–Crippen LogP) is 0.309. The maximum Gasteiger partial charge on any atom is 0.267 e. The summed E-state index contributed by atoms with van der Waals surface area (Å²) in [4.78, 5) is 4.83. The van der Waals surface area contributed by atoms with Gasteiger partial charge >= 0.3 is 0 Å². The molecule has 2 rings (SSSR count). The third kappa shape index (κ3) is 1.64. The summed E-state index contributed by atoms with van der Waals surface area (Å²) in [5, 5.41) is 8.89. The van der Waals surface area contributed by atoms with Gasteiger partial charge in [-0.2, -0.15) is 0 Å². The van der Waals surface area contributed by atoms with Crippen molar-refractivity contribution in [2.24, 2.45) is 5.14 Å². The summed E-state index contributed by atoms with van der Waals surface area (Å²) in [6.45, 7) is 3.84. The molecule has 15 heavy (non-hydrogen) atoms. The fourth-order valence-corrected chi connectivity index (χ4v) is 2.91. The Morgan fingerprint density at radius 2 is 2.20 bits per heavy atom. The zero-order valence-corrected chi connectivity index (χ0v) is 9.89. The molecule has 82 valence electrons. The molecule has 0 aliphatic rings. The van der Waals surface area contributed by atoms with Crippen LogP contribution in [0.15, 0.2) is 4.34 Å². The van der Waals surface area contributed by atoms with E-state index in [9.17, 15) is 8.42 Å². The maximum atomic E-state index is 11.1. The molecule has 2 aromatic rings. The van der Waals surface area contributed by atoms with Crippen LogP contribution in [0.3, 0.4) is 0 Å². The molecule has 0 aliphatic heterocycles. The SMILES string of the molecule is CCc1nc2sc(S(N)(=O)=O)nn2c1C. The molecule has 0 aromatic carbocycles. The standard InChI is InChI=1S/C7H10N4O2S2/c1-3-5-4(2)11-6(9-5)14-7(10-11)15(8,12)13/h3H2,1-2H3,(H2,8,12,13). The molecular formula is C7H10N4O2S2. The molecule has 2 aromatic heterocycles. The summed E-state index contributed by atoms with van der Waals surface area (Å²) in [6.07, 6.45) is 0.798. The highest BCUT2D eigenvalue weighted by atomic mass is 32.2. The first-order chi connectivity index (χ1) is 6.93. The summed E-state index contributed by atoms with van der Waals surface area (Å²) in [5.74, 6) is 0. The van der Waals surface area contributed by atoms with Gasteiger partial charge in [-0.05, 0) is 13.3 Å². The van der Waals surface area contributed by atoms with Crippen molar-refractivity contribution < 1.29 is 8.42 Å². The van der Waals surface area contributed by atoms with Crippen molar-refractivity contribution >= 4 is 26.3 Å². The van der Waals surface area contributed by atoms with Gasteiger partial charge in [-0.3, -0.25) is 0 Å². The van der Waals surface area contributed by atoms with Crippen LogP contribution in [0.5, 0.6) is 0 Å². The van der Waals surface area contributed by atoms with Crippen LogP contribution in [0.1, 0.15) is 18.3 Å². The Hall–Kier alpha value is -0.990. The lowest BCUT2D eigenvalue weighted by molar-refractivity contribution is 0.594. The number of hydrogen-bond acceptors (Lipinski definition) is 5. The van der Waals surface area contributed by atoms with Crippen LogP contribution in [0.4, 0.5) is 0 Å². The summed E-state index contributed by atoms with van der Waals surface area (Å²) >= 11 is 0.982. The van der Waals surface area contributed by atoms with E-state index >= 15 is 0 Å². The van der Waals surface area contributed by atoms with Gasteiger partial charge in [0.05, 0.1) is 11.4 Å². The Morgan fingerprint density at radius 3 is 2.67 bits per heavy atom. The van der Waals surface area contributed by atoms with E-state index in [1.54, 1.807) is 0 Å². The topological polar surface area (TPSA) is 90.3 Å². The number of nitrogens with two attached hydrogens (primary N) is 1. The van der Waals surface area contributed by atoms with Crippen LogP contribution in [0.25, 0.3) is 4.96 Å². The fourth-order valence-electron chi connectivity index (χ4n) is 1.32. The minimum atomic E-state index is -3.72. The Kier molecular flexibility index (Phi) is 2.28. The van der Waals surface area contributed by atoms with Crippen LogP contribution in [0, 0.1) is 6.92 Å². The number of sulfonamides is 1. The van der Waals surface area contributed by atoms with Gasteiger partial charge in [-0.25, -0.2) is 23.1 Å². The average molecular weight is 246 g/mol. The first-order valence-corrected chi connectivity index (χ1v) is 6.67. The predicted molar refractivity (Wildman–Crippen MR) is 56.4 cm³/mol. The van der Waals surface area contributed by atoms with Crippen molar-refractivity contribution in [1.29, 1.82) is 0 Å². The Balaban J connectivity index is 2.70. The number of nitrogens with zero attached hydrogens (tertiary/aromatic N) is 3. The second-order valence-electron chi connectivity index (χ2n) is 3.10. The van der Waals surface area contributed by atoms with Crippen molar-refractivity contribution in [3.05, 3.63) is 11.4 Å². The Labute approximate surface area is 90.8 Å². The molecule has 0 saturated heterocycles. The van der Waals surface area contributed by atoms with Gasteiger partial charge < -0.3 is 0 Å². The summed E-state index contributed by atoms with van der Waals surface area (Å²) in [5.41, 5.74) is 1.79. The Morgan fingerprint density at radius 1 is 1.53 bits per heavy atom. The number of imidazole rings is 1. The number of fused-ring (bicyclic) bond motifs is 1. The third-order valence-electron chi connectivity index (χ3n) is 2.09. The van der Waals surface area contributed by atoms with Crippen LogP contribution in [-0.4, -0.2) is 23.0 Å². The number of hydrogen-bond donors (Lipinski definition) is 1. The van der Waals surface area contributed by atoms with Crippen molar-refractivity contribution in [2.75, 3.05) is 0 Å². The number of primary sulfonamides is 1. The second-order valence-corrected chi connectivity index (χ2v) is 5.80. The van der Waals surface area contributed by atoms with Gasteiger partial charge in [-0.1, -0.05) is 18.3 Å². The summed E-state index contributed by atoms with van der Waals surface area (Å²) in [6, 6.07) is 0. The minimum absolute atomic E-state index is 0.101. The zero-order chi connectivity index (χ0) is 11.2. The monoisotopic (exact) mass is 246 g/mol. The molecule has 0 radical (unpaired) electrons. The minimum Gasteiger partial charge on any atom is -0.223 e. The van der Waals surface area contributed by atoms with Gasteiger partial charge in [0, 0.05) is 0 Å². The van der Waals surface area contributed by atoms with Crippen molar-refractivity contribution in [2.45, 2.75) is 24.6 Å². The van der Waals surface area contributed by atoms with Crippen LogP contribution in [0.2, 0.25) is 0 Å². The lowest BCUT2D eigenvalue weighted by atomic mass is 10.3. The molecule has 2 N–H and O–H groups in total. The number of rotatable bonds is 2. The van der Waals surface area contributed by atoms with E-state index in [-0.39, 0.29) is 4.34 Å². The van der Waals surface area contributed by atoms with Gasteiger partial charge in [0.25, 0.3) is 10.0 Å². The average Bonchev–Trinajstić information content (AvgIpc) is 2.65. The quantitative estimate of drug-likeness (QED) is 0.825. The first kappa shape index (κ1) is 10.5. The second kappa shape index (κ2) is 3.26. The highest BCUT2D eigenvalue weighted by molar-refractivity contribution is 7.91. The van der Waals surface area contributed by atoms with E-state index in [0.717, 1.165) is 29.1 Å². The van der Waals surface area contributed by atoms with Gasteiger partial charge in [0.1, 0.15) is 0 Å². The van der Waals surface area contributed by atoms with E-state index in [1.165, 1.54) is 4.52 Å². The molecule has 2 heterocycles. The van der Waals surface area contributed by atoms with E-state index in [2.05, 4.69) is 10.1 Å². The largest absolute Gasteiger partial charge is 0.267 e. The molecule has 6 nitrogen and oxygen atoms in total. The fraction of sp³-hybridized carbons (Fsp3) is 0.429. The highest BCUT2D eigenvalue weighted by Crippen LogP contribution is 2.20. The smallest absolute Gasteiger partial charge is 0.223 e. The van der Waals surface area contributed by atoms with E-state index in [1.807, 2.05) is 13.8 Å². The molecule has 0 fully saturated rings. The molecule has 8 heteroatoms. The number of aryl methyl sites for hydroxylation is 2. The molecule has 0 bridgehead atoms. The summed E-state index contributed by atoms with van der Waals surface area (Å²) in [7, 11) is -3.72. The van der Waals surface area contributed by atoms with Crippen molar-refractivity contribution in [1.82, 2.24) is 14.6 Å². The van der Waals surface area contributed by atoms with Crippen LogP contribution < -0.4 is 5.14 Å². The van der Waals surface area contributed by atoms with Gasteiger partial charge in [0.2, 0.25) is 9.30 Å². The van der Waals surface area contributed by atoms with Crippen molar-refractivity contribution in [3.8, 4) is 0 Å². The molecule has 0 amide bonds. The highest BCUT2D eigenvalue weighted by Gasteiger charge is 2.18. The number of aromatic nitrogens is 3. The lowest BCUT2D eigenvalue weighted by Gasteiger charge is -1.91. The molecule has 0 saturated carbocycles. The van der Waals surface area contributed by atoms with Crippen LogP contribution >= 0.6 is 11.3 Å². The van der Waals surface area contributed by atoms with E-state index in [4.69, 9.17) is 5.14 Å². The van der Waals surface area contributed by atoms with E-state index < -0.39 is 10.0 Å². The third-order valence-corrected chi connectivity index (χ3v) is 4.30. The molecule has 0 spiro atoms. The lowest BCUT2D eigenvalue weighted by Crippen LogP contribution is -2.12. The summed E-state index contributed by atoms with van der Waals surface area (Å²) < 4.78 is 23.5. The van der Waals surface area contributed by atoms with Crippen LogP contribution in [-0.2, 0) is 16.4 Å². The van der Waals surface area contributed by atoms with E-state index in [0.29, 0.717) is 4.96 Å². The molecule has 0 atom stereocenters. The Bertz CT molecular complexity index is 610.